The van der Waals surface area contributed by atoms with Gasteiger partial charge in [0.2, 0.25) is 0 Å². The molecule has 2 rings (SSSR count). The van der Waals surface area contributed by atoms with Gasteiger partial charge >= 0.3 is 0 Å². The minimum Gasteiger partial charge on any atom is -0.383 e. The highest BCUT2D eigenvalue weighted by atomic mass is 15.3. The van der Waals surface area contributed by atoms with Crippen LogP contribution in [0.15, 0.2) is 12.4 Å². The third-order valence-corrected chi connectivity index (χ3v) is 3.11. The van der Waals surface area contributed by atoms with E-state index in [1.165, 1.54) is 0 Å². The van der Waals surface area contributed by atoms with Crippen LogP contribution >= 0.6 is 0 Å². The van der Waals surface area contributed by atoms with E-state index in [1.807, 2.05) is 24.0 Å². The van der Waals surface area contributed by atoms with Crippen LogP contribution in [0.5, 0.6) is 0 Å². The lowest BCUT2D eigenvalue weighted by Gasteiger charge is -2.24. The fourth-order valence-corrected chi connectivity index (χ4v) is 2.45. The third kappa shape index (κ3) is 2.50. The Morgan fingerprint density at radius 1 is 1.32 bits per heavy atom. The normalized spacial score (nSPS) is 12.1. The molecule has 0 atom stereocenters. The molecule has 0 aliphatic carbocycles. The molecule has 2 aromatic heterocycles. The summed E-state index contributed by atoms with van der Waals surface area (Å²) in [6.45, 7) is 11.4. The molecule has 0 saturated carbocycles. The van der Waals surface area contributed by atoms with Crippen molar-refractivity contribution in [3.8, 4) is 11.3 Å². The zero-order chi connectivity index (χ0) is 14.2. The van der Waals surface area contributed by atoms with E-state index in [1.54, 1.807) is 0 Å². The molecule has 19 heavy (non-hydrogen) atoms. The van der Waals surface area contributed by atoms with Gasteiger partial charge in [-0.25, -0.2) is 4.98 Å². The molecule has 0 aliphatic heterocycles. The molecule has 0 saturated heterocycles. The number of imidazole rings is 1. The second-order valence-electron chi connectivity index (χ2n) is 5.89. The van der Waals surface area contributed by atoms with E-state index in [2.05, 4.69) is 42.3 Å². The predicted octanol–water partition coefficient (Wildman–Crippen LogP) is 2.80. The predicted molar refractivity (Wildman–Crippen MR) is 77.9 cm³/mol. The molecular formula is C14H23N5. The maximum absolute atomic E-state index is 6.27. The molecule has 0 spiro atoms. The molecule has 2 N–H and O–H groups in total. The Morgan fingerprint density at radius 2 is 2.00 bits per heavy atom. The Morgan fingerprint density at radius 3 is 2.53 bits per heavy atom. The van der Waals surface area contributed by atoms with Gasteiger partial charge in [-0.2, -0.15) is 5.10 Å². The minimum atomic E-state index is -0.0706. The van der Waals surface area contributed by atoms with Gasteiger partial charge in [0.15, 0.2) is 0 Å². The standard InChI is InChI=1S/C14H23N5/c1-6-7-18-9-11(8-16-18)12-13(15)19(10(2)17-12)14(3,4)5/h8-9H,6-7,15H2,1-5H3. The van der Waals surface area contributed by atoms with Gasteiger partial charge in [-0.3, -0.25) is 4.68 Å². The number of nitrogens with zero attached hydrogens (tertiary/aromatic N) is 4. The first-order valence-electron chi connectivity index (χ1n) is 6.72. The fourth-order valence-electron chi connectivity index (χ4n) is 2.45. The zero-order valence-electron chi connectivity index (χ0n) is 12.4. The number of nitrogen functional groups attached to an aromatic ring is 1. The summed E-state index contributed by atoms with van der Waals surface area (Å²) in [6.07, 6.45) is 4.90. The molecule has 104 valence electrons. The molecule has 0 amide bonds. The van der Waals surface area contributed by atoms with Gasteiger partial charge in [0.25, 0.3) is 0 Å². The third-order valence-electron chi connectivity index (χ3n) is 3.11. The summed E-state index contributed by atoms with van der Waals surface area (Å²) >= 11 is 0. The maximum Gasteiger partial charge on any atom is 0.132 e. The number of aromatic nitrogens is 4. The first-order valence-corrected chi connectivity index (χ1v) is 6.72. The first-order chi connectivity index (χ1) is 8.84. The lowest BCUT2D eigenvalue weighted by atomic mass is 10.1. The highest BCUT2D eigenvalue weighted by Gasteiger charge is 2.23. The Labute approximate surface area is 114 Å². The van der Waals surface area contributed by atoms with Crippen LogP contribution in [0.25, 0.3) is 11.3 Å². The van der Waals surface area contributed by atoms with Crippen LogP contribution < -0.4 is 5.73 Å². The van der Waals surface area contributed by atoms with Crippen molar-refractivity contribution >= 4 is 5.82 Å². The van der Waals surface area contributed by atoms with E-state index in [0.29, 0.717) is 5.82 Å². The van der Waals surface area contributed by atoms with Crippen molar-refractivity contribution in [2.75, 3.05) is 5.73 Å². The Hall–Kier alpha value is -1.78. The topological polar surface area (TPSA) is 61.7 Å². The Kier molecular flexibility index (Phi) is 3.39. The van der Waals surface area contributed by atoms with Gasteiger partial charge < -0.3 is 10.3 Å². The minimum absolute atomic E-state index is 0.0706. The monoisotopic (exact) mass is 261 g/mol. The molecule has 0 radical (unpaired) electrons. The molecule has 0 aliphatic rings. The number of nitrogens with two attached hydrogens (primary N) is 1. The van der Waals surface area contributed by atoms with E-state index < -0.39 is 0 Å². The van der Waals surface area contributed by atoms with Crippen LogP contribution in [0.3, 0.4) is 0 Å². The van der Waals surface area contributed by atoms with Gasteiger partial charge in [-0.15, -0.1) is 0 Å². The molecule has 5 nitrogen and oxygen atoms in total. The second-order valence-corrected chi connectivity index (χ2v) is 5.89. The highest BCUT2D eigenvalue weighted by Crippen LogP contribution is 2.30. The smallest absolute Gasteiger partial charge is 0.132 e. The molecule has 0 bridgehead atoms. The number of aryl methyl sites for hydroxylation is 2. The number of anilines is 1. The van der Waals surface area contributed by atoms with E-state index in [4.69, 9.17) is 5.73 Å². The van der Waals surface area contributed by atoms with E-state index in [-0.39, 0.29) is 5.54 Å². The number of hydrogen-bond acceptors (Lipinski definition) is 3. The van der Waals surface area contributed by atoms with Crippen molar-refractivity contribution in [3.63, 3.8) is 0 Å². The molecule has 5 heteroatoms. The highest BCUT2D eigenvalue weighted by molar-refractivity contribution is 5.70. The molecular weight excluding hydrogens is 238 g/mol. The lowest BCUT2D eigenvalue weighted by Crippen LogP contribution is -2.24. The molecule has 0 unspecified atom stereocenters. The zero-order valence-corrected chi connectivity index (χ0v) is 12.4. The second kappa shape index (κ2) is 4.72. The largest absolute Gasteiger partial charge is 0.383 e. The van der Waals surface area contributed by atoms with E-state index in [9.17, 15) is 0 Å². The summed E-state index contributed by atoms with van der Waals surface area (Å²) in [5.41, 5.74) is 8.01. The Bertz CT molecular complexity index is 571. The quantitative estimate of drug-likeness (QED) is 0.924. The van der Waals surface area contributed by atoms with E-state index >= 15 is 0 Å². The van der Waals surface area contributed by atoms with Gasteiger partial charge in [0.05, 0.1) is 6.20 Å². The van der Waals surface area contributed by atoms with Crippen LogP contribution in [0.2, 0.25) is 0 Å². The SMILES string of the molecule is CCCn1cc(-c2nc(C)n(C(C)(C)C)c2N)cn1. The molecule has 0 fully saturated rings. The van der Waals surface area contributed by atoms with Crippen molar-refractivity contribution in [2.45, 2.75) is 53.1 Å². The van der Waals surface area contributed by atoms with Crippen molar-refractivity contribution in [1.82, 2.24) is 19.3 Å². The van der Waals surface area contributed by atoms with E-state index in [0.717, 1.165) is 30.0 Å². The average Bonchev–Trinajstić information content (AvgIpc) is 2.83. The summed E-state index contributed by atoms with van der Waals surface area (Å²) in [7, 11) is 0. The van der Waals surface area contributed by atoms with Crippen molar-refractivity contribution in [1.29, 1.82) is 0 Å². The first kappa shape index (κ1) is 13.6. The molecule has 2 aromatic rings. The van der Waals surface area contributed by atoms with Crippen molar-refractivity contribution in [3.05, 3.63) is 18.2 Å². The van der Waals surface area contributed by atoms with Gasteiger partial charge in [-0.1, -0.05) is 6.92 Å². The molecule has 2 heterocycles. The summed E-state index contributed by atoms with van der Waals surface area (Å²) in [6, 6.07) is 0. The van der Waals surface area contributed by atoms with Crippen LogP contribution in [0, 0.1) is 6.92 Å². The number of hydrogen-bond donors (Lipinski definition) is 1. The maximum atomic E-state index is 6.27. The summed E-state index contributed by atoms with van der Waals surface area (Å²) in [5.74, 6) is 1.64. The summed E-state index contributed by atoms with van der Waals surface area (Å²) < 4.78 is 4.00. The average molecular weight is 261 g/mol. The van der Waals surface area contributed by atoms with Gasteiger partial charge in [0, 0.05) is 23.8 Å². The lowest BCUT2D eigenvalue weighted by molar-refractivity contribution is 0.393. The van der Waals surface area contributed by atoms with Crippen LogP contribution in [-0.4, -0.2) is 19.3 Å². The fraction of sp³-hybridized carbons (Fsp3) is 0.571. The van der Waals surface area contributed by atoms with Crippen molar-refractivity contribution in [2.24, 2.45) is 0 Å². The van der Waals surface area contributed by atoms with Crippen molar-refractivity contribution < 1.29 is 0 Å². The van der Waals surface area contributed by atoms with Crippen LogP contribution in [0.4, 0.5) is 5.82 Å². The molecule has 0 aromatic carbocycles. The van der Waals surface area contributed by atoms with Gasteiger partial charge in [0.1, 0.15) is 17.3 Å². The summed E-state index contributed by atoms with van der Waals surface area (Å²) in [5, 5.41) is 4.34. The number of rotatable bonds is 3. The van der Waals surface area contributed by atoms with Crippen LogP contribution in [0.1, 0.15) is 39.9 Å². The summed E-state index contributed by atoms with van der Waals surface area (Å²) in [4.78, 5) is 4.60. The van der Waals surface area contributed by atoms with Gasteiger partial charge in [-0.05, 0) is 34.1 Å². The Balaban J connectivity index is 2.46. The van der Waals surface area contributed by atoms with Crippen LogP contribution in [-0.2, 0) is 12.1 Å².